The van der Waals surface area contributed by atoms with Crippen molar-refractivity contribution >= 4 is 0 Å². The van der Waals surface area contributed by atoms with Crippen molar-refractivity contribution in [1.29, 1.82) is 0 Å². The smallest absolute Gasteiger partial charge is 0.381 e. The Labute approximate surface area is 159 Å². The number of hydrogen-bond donors (Lipinski definition) is 0. The van der Waals surface area contributed by atoms with Gasteiger partial charge in [-0.25, -0.2) is 0 Å². The van der Waals surface area contributed by atoms with Crippen LogP contribution < -0.4 is 0 Å². The number of unbranched alkanes of at least 4 members (excludes halogenated alkanes) is 14. The third-order valence-electron chi connectivity index (χ3n) is 4.72. The van der Waals surface area contributed by atoms with E-state index in [1.165, 1.54) is 70.6 Å². The topological polar surface area (TPSA) is 18.5 Å². The van der Waals surface area contributed by atoms with E-state index in [9.17, 15) is 13.3 Å². The molecule has 0 aliphatic heterocycles. The molecule has 0 saturated carbocycles. The molecular formula is C21H41F3O2. The maximum Gasteiger partial charge on any atom is 0.386 e. The first-order valence-corrected chi connectivity index (χ1v) is 10.9. The van der Waals surface area contributed by atoms with E-state index in [1.54, 1.807) is 0 Å². The van der Waals surface area contributed by atoms with Crippen molar-refractivity contribution < 1.29 is 23.0 Å². The maximum atomic E-state index is 12.5. The van der Waals surface area contributed by atoms with Crippen LogP contribution in [0.1, 0.15) is 116 Å². The quantitative estimate of drug-likeness (QED) is 0.186. The van der Waals surface area contributed by atoms with Crippen LogP contribution in [-0.2, 0) is 9.68 Å². The van der Waals surface area contributed by atoms with Gasteiger partial charge in [-0.3, -0.25) is 0 Å². The van der Waals surface area contributed by atoms with Gasteiger partial charge in [0.05, 0.1) is 0 Å². The number of hydrogen-bond acceptors (Lipinski definition) is 2. The zero-order chi connectivity index (χ0) is 19.3. The lowest BCUT2D eigenvalue weighted by Gasteiger charge is -2.09. The van der Waals surface area contributed by atoms with Gasteiger partial charge in [0.2, 0.25) is 0 Å². The van der Waals surface area contributed by atoms with Gasteiger partial charge in [0, 0.05) is 19.6 Å². The number of alkyl halides is 2. The van der Waals surface area contributed by atoms with Crippen molar-refractivity contribution in [2.75, 3.05) is 13.2 Å². The Kier molecular flexibility index (Phi) is 19.3. The highest BCUT2D eigenvalue weighted by atomic mass is 19.4. The molecule has 0 N–H and O–H groups in total. The zero-order valence-electron chi connectivity index (χ0n) is 16.9. The van der Waals surface area contributed by atoms with Crippen LogP contribution in [0.3, 0.4) is 0 Å². The molecule has 26 heavy (non-hydrogen) atoms. The maximum absolute atomic E-state index is 12.5. The molecule has 0 heterocycles. The van der Waals surface area contributed by atoms with Gasteiger partial charge in [-0.05, 0) is 23.8 Å². The summed E-state index contributed by atoms with van der Waals surface area (Å²) in [5.41, 5.74) is 0. The lowest BCUT2D eigenvalue weighted by molar-refractivity contribution is -0.356. The van der Waals surface area contributed by atoms with Crippen LogP contribution in [-0.4, -0.2) is 19.3 Å². The standard InChI is InChI=1S/C21H41F3O2/c1-2-19-25-20-17-15-13-11-9-7-5-3-4-6-8-10-12-14-16-18-21(22,23)26-24/h2-20H2,1H3. The normalized spacial score (nSPS) is 12.0. The Balaban J connectivity index is 3.05. The average molecular weight is 383 g/mol. The molecule has 0 aliphatic rings. The average Bonchev–Trinajstić information content (AvgIpc) is 2.63. The highest BCUT2D eigenvalue weighted by Crippen LogP contribution is 2.24. The molecule has 0 aromatic rings. The van der Waals surface area contributed by atoms with E-state index in [2.05, 4.69) is 11.9 Å². The van der Waals surface area contributed by atoms with Crippen molar-refractivity contribution in [3.63, 3.8) is 0 Å². The third kappa shape index (κ3) is 20.0. The summed E-state index contributed by atoms with van der Waals surface area (Å²) in [6.45, 7) is 3.96. The first-order valence-electron chi connectivity index (χ1n) is 10.9. The summed E-state index contributed by atoms with van der Waals surface area (Å²) < 4.78 is 41.9. The third-order valence-corrected chi connectivity index (χ3v) is 4.72. The Morgan fingerprint density at radius 2 is 0.962 bits per heavy atom. The molecule has 0 spiro atoms. The molecule has 0 aliphatic carbocycles. The van der Waals surface area contributed by atoms with Crippen LogP contribution >= 0.6 is 0 Å². The zero-order valence-corrected chi connectivity index (χ0v) is 16.9. The van der Waals surface area contributed by atoms with Crippen molar-refractivity contribution in [3.8, 4) is 0 Å². The molecule has 0 aromatic heterocycles. The summed E-state index contributed by atoms with van der Waals surface area (Å²) in [5, 5.41) is 0. The molecule has 0 atom stereocenters. The predicted octanol–water partition coefficient (Wildman–Crippen LogP) is 8.15. The molecule has 0 rings (SSSR count). The van der Waals surface area contributed by atoms with Gasteiger partial charge < -0.3 is 4.74 Å². The molecule has 0 unspecified atom stereocenters. The summed E-state index contributed by atoms with van der Waals surface area (Å²) in [7, 11) is 0. The molecule has 0 saturated heterocycles. The Morgan fingerprint density at radius 1 is 0.577 bits per heavy atom. The molecule has 5 heteroatoms. The van der Waals surface area contributed by atoms with Crippen LogP contribution in [0, 0.1) is 0 Å². The van der Waals surface area contributed by atoms with E-state index in [0.29, 0.717) is 6.42 Å². The van der Waals surface area contributed by atoms with Crippen molar-refractivity contribution in [3.05, 3.63) is 0 Å². The van der Waals surface area contributed by atoms with Gasteiger partial charge >= 0.3 is 6.11 Å². The van der Waals surface area contributed by atoms with Crippen LogP contribution in [0.2, 0.25) is 0 Å². The second kappa shape index (κ2) is 19.5. The number of rotatable bonds is 21. The molecule has 0 radical (unpaired) electrons. The van der Waals surface area contributed by atoms with Gasteiger partial charge in [0.25, 0.3) is 0 Å². The molecule has 2 nitrogen and oxygen atoms in total. The van der Waals surface area contributed by atoms with Gasteiger partial charge in [0.15, 0.2) is 0 Å². The van der Waals surface area contributed by atoms with E-state index in [4.69, 9.17) is 4.74 Å². The van der Waals surface area contributed by atoms with E-state index >= 15 is 0 Å². The second-order valence-corrected chi connectivity index (χ2v) is 7.38. The Hall–Kier alpha value is -0.290. The lowest BCUT2D eigenvalue weighted by atomic mass is 10.0. The Bertz CT molecular complexity index is 276. The molecule has 158 valence electrons. The number of halogens is 3. The SMILES string of the molecule is CCCOCCCCCCCCCCCCCCCCCC(F)(F)OF. The van der Waals surface area contributed by atoms with Crippen LogP contribution in [0.15, 0.2) is 0 Å². The van der Waals surface area contributed by atoms with Gasteiger partial charge in [-0.15, -0.1) is 4.94 Å². The molecule has 0 bridgehead atoms. The van der Waals surface area contributed by atoms with E-state index in [-0.39, 0.29) is 0 Å². The first kappa shape index (κ1) is 25.7. The van der Waals surface area contributed by atoms with Crippen LogP contribution in [0.5, 0.6) is 0 Å². The van der Waals surface area contributed by atoms with E-state index in [0.717, 1.165) is 38.9 Å². The minimum Gasteiger partial charge on any atom is -0.381 e. The van der Waals surface area contributed by atoms with Gasteiger partial charge in [-0.1, -0.05) is 90.4 Å². The predicted molar refractivity (Wildman–Crippen MR) is 102 cm³/mol. The first-order chi connectivity index (χ1) is 12.6. The minimum atomic E-state index is -3.59. The summed E-state index contributed by atoms with van der Waals surface area (Å²) in [6.07, 6.45) is 14.3. The largest absolute Gasteiger partial charge is 0.386 e. The van der Waals surface area contributed by atoms with Gasteiger partial charge in [0.1, 0.15) is 0 Å². The minimum absolute atomic E-state index is 0.322. The Morgan fingerprint density at radius 3 is 1.35 bits per heavy atom. The van der Waals surface area contributed by atoms with Crippen molar-refractivity contribution in [1.82, 2.24) is 0 Å². The van der Waals surface area contributed by atoms with E-state index in [1.807, 2.05) is 0 Å². The van der Waals surface area contributed by atoms with E-state index < -0.39 is 12.5 Å². The van der Waals surface area contributed by atoms with Crippen LogP contribution in [0.4, 0.5) is 13.3 Å². The molecule has 0 amide bonds. The molecule has 0 aromatic carbocycles. The lowest BCUT2D eigenvalue weighted by Crippen LogP contribution is -2.15. The summed E-state index contributed by atoms with van der Waals surface area (Å²) in [4.78, 5) is 2.64. The molecular weight excluding hydrogens is 341 g/mol. The number of ether oxygens (including phenoxy) is 1. The second-order valence-electron chi connectivity index (χ2n) is 7.38. The van der Waals surface area contributed by atoms with Gasteiger partial charge in [-0.2, -0.15) is 8.78 Å². The summed E-state index contributed by atoms with van der Waals surface area (Å²) >= 11 is 0. The summed E-state index contributed by atoms with van der Waals surface area (Å²) in [6, 6.07) is 0. The fraction of sp³-hybridized carbons (Fsp3) is 1.00. The fourth-order valence-electron chi connectivity index (χ4n) is 3.12. The monoisotopic (exact) mass is 382 g/mol. The fourth-order valence-corrected chi connectivity index (χ4v) is 3.12. The highest BCUT2D eigenvalue weighted by molar-refractivity contribution is 4.53. The van der Waals surface area contributed by atoms with Crippen LogP contribution in [0.25, 0.3) is 0 Å². The molecule has 0 fully saturated rings. The van der Waals surface area contributed by atoms with Crippen molar-refractivity contribution in [2.24, 2.45) is 0 Å². The summed E-state index contributed by atoms with van der Waals surface area (Å²) in [5.74, 6) is 0. The van der Waals surface area contributed by atoms with Crippen molar-refractivity contribution in [2.45, 2.75) is 122 Å². The highest BCUT2D eigenvalue weighted by Gasteiger charge is 2.30.